The number of fused-ring (bicyclic) bond motifs is 5. The zero-order chi connectivity index (χ0) is 30.0. The normalized spacial score (nSPS) is 20.0. The number of carbonyl (C=O) groups excluding carboxylic acids is 2. The van der Waals surface area contributed by atoms with Crippen LogP contribution in [0.2, 0.25) is 0 Å². The average Bonchev–Trinajstić information content (AvgIpc) is 3.02. The Morgan fingerprint density at radius 2 is 1.88 bits per heavy atom. The van der Waals surface area contributed by atoms with Gasteiger partial charge in [-0.1, -0.05) is 24.3 Å². The van der Waals surface area contributed by atoms with Gasteiger partial charge in [-0.15, -0.1) is 0 Å². The minimum atomic E-state index is -0.261. The molecule has 0 aliphatic carbocycles. The van der Waals surface area contributed by atoms with Crippen molar-refractivity contribution in [2.75, 3.05) is 40.0 Å². The van der Waals surface area contributed by atoms with E-state index in [0.717, 1.165) is 36.4 Å². The number of ether oxygens (including phenoxy) is 4. The highest BCUT2D eigenvalue weighted by Gasteiger charge is 2.31. The highest BCUT2D eigenvalue weighted by atomic mass is 16.5. The van der Waals surface area contributed by atoms with E-state index in [4.69, 9.17) is 24.1 Å². The highest BCUT2D eigenvalue weighted by molar-refractivity contribution is 5.95. The standard InChI is InChI=1S/C33H39N3O7/c1-40-28-17-25-18-29(19-28)43-27-5-2-4-24(16-27)22-42-31-11-13-36(20-23-7-9-26(10-8-23)41-15-14-37)21-30(31)35-32(38)6-3-12-34-33(25)39/h2,4-5,7-10,16-19,30-31,37H,3,6,11-15,20-22H2,1H3,(H,34,39)(H,35,38)/t30-,31-/m0/s1. The second kappa shape index (κ2) is 14.9. The lowest BCUT2D eigenvalue weighted by Crippen LogP contribution is -2.55. The summed E-state index contributed by atoms with van der Waals surface area (Å²) in [7, 11) is 1.54. The summed E-state index contributed by atoms with van der Waals surface area (Å²) >= 11 is 0. The third kappa shape index (κ3) is 8.70. The van der Waals surface area contributed by atoms with Crippen LogP contribution >= 0.6 is 0 Å². The number of hydrogen-bond donors (Lipinski definition) is 3. The lowest BCUT2D eigenvalue weighted by molar-refractivity contribution is -0.124. The number of rotatable bonds is 6. The van der Waals surface area contributed by atoms with Crippen LogP contribution in [-0.4, -0.2) is 73.9 Å². The molecule has 5 rings (SSSR count). The Kier molecular flexibility index (Phi) is 10.5. The van der Waals surface area contributed by atoms with Crippen LogP contribution in [0.25, 0.3) is 0 Å². The van der Waals surface area contributed by atoms with Crippen LogP contribution in [0.4, 0.5) is 0 Å². The first kappa shape index (κ1) is 30.3. The molecule has 0 aromatic heterocycles. The Hall–Kier alpha value is -4.12. The third-order valence-electron chi connectivity index (χ3n) is 7.51. The molecule has 0 spiro atoms. The van der Waals surface area contributed by atoms with Gasteiger partial charge in [0.15, 0.2) is 0 Å². The summed E-state index contributed by atoms with van der Waals surface area (Å²) in [4.78, 5) is 28.2. The van der Waals surface area contributed by atoms with Gasteiger partial charge in [0, 0.05) is 44.2 Å². The molecule has 3 aromatic rings. The van der Waals surface area contributed by atoms with Gasteiger partial charge in [-0.3, -0.25) is 14.5 Å². The molecule has 2 aliphatic rings. The van der Waals surface area contributed by atoms with Gasteiger partial charge < -0.3 is 34.7 Å². The minimum Gasteiger partial charge on any atom is -0.497 e. The molecule has 2 heterocycles. The van der Waals surface area contributed by atoms with Crippen molar-refractivity contribution >= 4 is 11.8 Å². The number of piperidine rings is 1. The summed E-state index contributed by atoms with van der Waals surface area (Å²) in [5.74, 6) is 2.01. The summed E-state index contributed by atoms with van der Waals surface area (Å²) < 4.78 is 23.4. The van der Waals surface area contributed by atoms with Crippen molar-refractivity contribution < 1.29 is 33.6 Å². The molecular weight excluding hydrogens is 550 g/mol. The number of nitrogens with one attached hydrogen (secondary N) is 2. The molecule has 2 amide bonds. The molecular formula is C33H39N3O7. The summed E-state index contributed by atoms with van der Waals surface area (Å²) in [6.45, 7) is 3.17. The topological polar surface area (TPSA) is 119 Å². The first-order valence-corrected chi connectivity index (χ1v) is 14.7. The molecule has 10 heteroatoms. The minimum absolute atomic E-state index is 0.0243. The monoisotopic (exact) mass is 589 g/mol. The summed E-state index contributed by atoms with van der Waals surface area (Å²) in [5.41, 5.74) is 2.49. The Morgan fingerprint density at radius 1 is 1.02 bits per heavy atom. The lowest BCUT2D eigenvalue weighted by atomic mass is 10.0. The predicted octanol–water partition coefficient (Wildman–Crippen LogP) is 3.66. The maximum Gasteiger partial charge on any atom is 0.251 e. The lowest BCUT2D eigenvalue weighted by Gasteiger charge is -2.39. The van der Waals surface area contributed by atoms with Gasteiger partial charge in [0.05, 0.1) is 32.5 Å². The number of hydrogen-bond acceptors (Lipinski definition) is 8. The van der Waals surface area contributed by atoms with Gasteiger partial charge in [0.2, 0.25) is 5.91 Å². The van der Waals surface area contributed by atoms with Crippen LogP contribution in [0, 0.1) is 0 Å². The number of amides is 2. The molecule has 2 aliphatic heterocycles. The predicted molar refractivity (Wildman–Crippen MR) is 161 cm³/mol. The third-order valence-corrected chi connectivity index (χ3v) is 7.51. The zero-order valence-electron chi connectivity index (χ0n) is 24.4. The molecule has 2 atom stereocenters. The molecule has 0 unspecified atom stereocenters. The number of likely N-dealkylation sites (tertiary alicyclic amines) is 1. The van der Waals surface area contributed by atoms with E-state index < -0.39 is 0 Å². The summed E-state index contributed by atoms with van der Waals surface area (Å²) in [6.07, 6.45) is 1.40. The Morgan fingerprint density at radius 3 is 2.70 bits per heavy atom. The van der Waals surface area contributed by atoms with Crippen molar-refractivity contribution in [1.82, 2.24) is 15.5 Å². The van der Waals surface area contributed by atoms with Crippen LogP contribution in [0.15, 0.2) is 66.7 Å². The Bertz CT molecular complexity index is 1380. The molecule has 0 radical (unpaired) electrons. The number of carbonyl (C=O) groups is 2. The van der Waals surface area contributed by atoms with E-state index in [1.54, 1.807) is 25.3 Å². The molecule has 10 nitrogen and oxygen atoms in total. The van der Waals surface area contributed by atoms with E-state index in [0.29, 0.717) is 48.9 Å². The van der Waals surface area contributed by atoms with Crippen LogP contribution < -0.4 is 24.8 Å². The molecule has 1 fully saturated rings. The number of methoxy groups -OCH3 is 1. The molecule has 3 N–H and O–H groups in total. The number of aliphatic hydroxyl groups excluding tert-OH is 1. The van der Waals surface area contributed by atoms with Crippen LogP contribution in [0.1, 0.15) is 40.7 Å². The van der Waals surface area contributed by atoms with Gasteiger partial charge in [-0.2, -0.15) is 0 Å². The van der Waals surface area contributed by atoms with Crippen molar-refractivity contribution in [1.29, 1.82) is 0 Å². The van der Waals surface area contributed by atoms with Crippen molar-refractivity contribution in [2.24, 2.45) is 0 Å². The Labute approximate surface area is 251 Å². The maximum atomic E-state index is 13.0. The van der Waals surface area contributed by atoms with Crippen molar-refractivity contribution in [3.63, 3.8) is 0 Å². The number of nitrogens with zero attached hydrogens (tertiary/aromatic N) is 1. The average molecular weight is 590 g/mol. The van der Waals surface area contributed by atoms with Crippen molar-refractivity contribution in [3.8, 4) is 23.0 Å². The van der Waals surface area contributed by atoms with Crippen LogP contribution in [0.5, 0.6) is 23.0 Å². The molecule has 4 bridgehead atoms. The molecule has 228 valence electrons. The molecule has 3 aromatic carbocycles. The summed E-state index contributed by atoms with van der Waals surface area (Å²) in [6, 6.07) is 20.4. The first-order chi connectivity index (χ1) is 21.0. The smallest absolute Gasteiger partial charge is 0.251 e. The second-order valence-electron chi connectivity index (χ2n) is 10.8. The van der Waals surface area contributed by atoms with Gasteiger partial charge in [0.25, 0.3) is 5.91 Å². The second-order valence-corrected chi connectivity index (χ2v) is 10.8. The van der Waals surface area contributed by atoms with Gasteiger partial charge >= 0.3 is 0 Å². The van der Waals surface area contributed by atoms with Gasteiger partial charge in [-0.05, 0) is 60.4 Å². The van der Waals surface area contributed by atoms with E-state index in [-0.39, 0.29) is 43.6 Å². The summed E-state index contributed by atoms with van der Waals surface area (Å²) in [5, 5.41) is 15.1. The van der Waals surface area contributed by atoms with Gasteiger partial charge in [-0.25, -0.2) is 0 Å². The van der Waals surface area contributed by atoms with Crippen molar-refractivity contribution in [2.45, 2.75) is 44.6 Å². The molecule has 1 saturated heterocycles. The van der Waals surface area contributed by atoms with E-state index in [1.807, 2.05) is 48.5 Å². The van der Waals surface area contributed by atoms with Crippen LogP contribution in [-0.2, 0) is 22.7 Å². The molecule has 43 heavy (non-hydrogen) atoms. The van der Waals surface area contributed by atoms with Gasteiger partial charge in [0.1, 0.15) is 29.6 Å². The zero-order valence-corrected chi connectivity index (χ0v) is 24.4. The van der Waals surface area contributed by atoms with Crippen LogP contribution in [0.3, 0.4) is 0 Å². The fraction of sp³-hybridized carbons (Fsp3) is 0.394. The number of benzene rings is 3. The Balaban J connectivity index is 1.30. The van der Waals surface area contributed by atoms with E-state index in [9.17, 15) is 9.59 Å². The quantitative estimate of drug-likeness (QED) is 0.399. The maximum absolute atomic E-state index is 13.0. The molecule has 0 saturated carbocycles. The number of aliphatic hydroxyl groups is 1. The van der Waals surface area contributed by atoms with E-state index >= 15 is 0 Å². The largest absolute Gasteiger partial charge is 0.497 e. The highest BCUT2D eigenvalue weighted by Crippen LogP contribution is 2.29. The fourth-order valence-corrected chi connectivity index (χ4v) is 5.34. The van der Waals surface area contributed by atoms with E-state index in [2.05, 4.69) is 15.5 Å². The first-order valence-electron chi connectivity index (χ1n) is 14.7. The fourth-order valence-electron chi connectivity index (χ4n) is 5.34. The SMILES string of the molecule is COc1cc2cc(c1)C(=O)NCCCC(=O)N[C@H]1CN(Cc3ccc(OCCO)cc3)CC[C@@H]1OCc1cccc(c1)O2. The van der Waals surface area contributed by atoms with Crippen molar-refractivity contribution in [3.05, 3.63) is 83.4 Å². The van der Waals surface area contributed by atoms with E-state index in [1.165, 1.54) is 0 Å².